The summed E-state index contributed by atoms with van der Waals surface area (Å²) >= 11 is 1.46. The average Bonchev–Trinajstić information content (AvgIpc) is 2.93. The number of nitrogens with two attached hydrogens (primary N) is 1. The van der Waals surface area contributed by atoms with Crippen LogP contribution < -0.4 is 10.5 Å². The largest absolute Gasteiger partial charge is 0.494 e. The van der Waals surface area contributed by atoms with Crippen LogP contribution >= 0.6 is 11.3 Å². The zero-order valence-corrected chi connectivity index (χ0v) is 12.7. The quantitative estimate of drug-likeness (QED) is 0.483. The van der Waals surface area contributed by atoms with E-state index in [1.54, 1.807) is 18.4 Å². The summed E-state index contributed by atoms with van der Waals surface area (Å²) in [6.45, 7) is 2.72. The molecule has 2 aromatic rings. The second kappa shape index (κ2) is 7.64. The number of ether oxygens (including phenoxy) is 2. The Morgan fingerprint density at radius 2 is 2.29 bits per heavy atom. The summed E-state index contributed by atoms with van der Waals surface area (Å²) in [4.78, 5) is 15.7. The van der Waals surface area contributed by atoms with Crippen molar-refractivity contribution in [2.45, 2.75) is 19.8 Å². The molecule has 6 heteroatoms. The summed E-state index contributed by atoms with van der Waals surface area (Å²) in [6.07, 6.45) is 1.59. The molecule has 0 aliphatic rings. The lowest BCUT2D eigenvalue weighted by Gasteiger charge is -2.05. The zero-order valence-electron chi connectivity index (χ0n) is 11.9. The van der Waals surface area contributed by atoms with Crippen molar-refractivity contribution in [2.24, 2.45) is 0 Å². The van der Waals surface area contributed by atoms with Gasteiger partial charge in [-0.1, -0.05) is 6.07 Å². The number of hydrogen-bond acceptors (Lipinski definition) is 6. The summed E-state index contributed by atoms with van der Waals surface area (Å²) in [5.74, 6) is 0.400. The Balaban J connectivity index is 1.75. The molecule has 0 fully saturated rings. The van der Waals surface area contributed by atoms with Crippen LogP contribution in [0.15, 0.2) is 29.6 Å². The Hall–Kier alpha value is -2.08. The number of carbonyl (C=O) groups excluding carboxylic acids is 1. The van der Waals surface area contributed by atoms with Crippen LogP contribution in [0.1, 0.15) is 28.8 Å². The molecule has 0 spiro atoms. The minimum atomic E-state index is -0.365. The number of carbonyl (C=O) groups is 1. The first-order valence-electron chi connectivity index (χ1n) is 6.79. The molecule has 0 atom stereocenters. The molecular weight excluding hydrogens is 288 g/mol. The number of aromatic nitrogens is 1. The van der Waals surface area contributed by atoms with E-state index in [1.807, 2.05) is 18.2 Å². The maximum Gasteiger partial charge on any atom is 0.357 e. The summed E-state index contributed by atoms with van der Waals surface area (Å²) < 4.78 is 10.5. The molecule has 2 rings (SSSR count). The molecule has 0 saturated carbocycles. The number of nitrogen functional groups attached to an aromatic ring is 1. The van der Waals surface area contributed by atoms with Gasteiger partial charge in [-0.05, 0) is 25.5 Å². The monoisotopic (exact) mass is 306 g/mol. The van der Waals surface area contributed by atoms with E-state index in [9.17, 15) is 4.79 Å². The number of benzene rings is 1. The first-order chi connectivity index (χ1) is 10.2. The topological polar surface area (TPSA) is 74.4 Å². The van der Waals surface area contributed by atoms with Crippen LogP contribution in [0.4, 0.5) is 5.69 Å². The molecule has 0 unspecified atom stereocenters. The van der Waals surface area contributed by atoms with E-state index in [-0.39, 0.29) is 5.97 Å². The van der Waals surface area contributed by atoms with Gasteiger partial charge in [0.15, 0.2) is 5.69 Å². The van der Waals surface area contributed by atoms with Crippen molar-refractivity contribution < 1.29 is 14.3 Å². The smallest absolute Gasteiger partial charge is 0.357 e. The van der Waals surface area contributed by atoms with E-state index >= 15 is 0 Å². The van der Waals surface area contributed by atoms with Crippen molar-refractivity contribution in [2.75, 3.05) is 18.9 Å². The molecule has 1 aromatic heterocycles. The highest BCUT2D eigenvalue weighted by molar-refractivity contribution is 7.09. The highest BCUT2D eigenvalue weighted by Crippen LogP contribution is 2.16. The van der Waals surface area contributed by atoms with E-state index in [2.05, 4.69) is 4.98 Å². The molecule has 0 amide bonds. The van der Waals surface area contributed by atoms with Gasteiger partial charge in [0.2, 0.25) is 0 Å². The first-order valence-corrected chi connectivity index (χ1v) is 7.67. The lowest BCUT2D eigenvalue weighted by Crippen LogP contribution is -2.05. The number of esters is 1. The van der Waals surface area contributed by atoms with Gasteiger partial charge < -0.3 is 15.2 Å². The molecule has 0 saturated heterocycles. The fraction of sp³-hybridized carbons (Fsp3) is 0.333. The van der Waals surface area contributed by atoms with E-state index in [1.165, 1.54) is 11.3 Å². The van der Waals surface area contributed by atoms with Crippen LogP contribution in [0, 0.1) is 0 Å². The highest BCUT2D eigenvalue weighted by Gasteiger charge is 2.11. The molecule has 0 bridgehead atoms. The molecule has 0 radical (unpaired) electrons. The molecule has 5 nitrogen and oxygen atoms in total. The number of aryl methyl sites for hydroxylation is 1. The van der Waals surface area contributed by atoms with Gasteiger partial charge in [0.25, 0.3) is 0 Å². The van der Waals surface area contributed by atoms with Gasteiger partial charge in [0.05, 0.1) is 18.2 Å². The Labute approximate surface area is 127 Å². The van der Waals surface area contributed by atoms with Gasteiger partial charge in [0, 0.05) is 23.6 Å². The summed E-state index contributed by atoms with van der Waals surface area (Å²) in [7, 11) is 0. The van der Waals surface area contributed by atoms with Crippen LogP contribution in [-0.2, 0) is 11.2 Å². The Morgan fingerprint density at radius 1 is 1.43 bits per heavy atom. The fourth-order valence-corrected chi connectivity index (χ4v) is 2.55. The van der Waals surface area contributed by atoms with Gasteiger partial charge in [0.1, 0.15) is 5.75 Å². The lowest BCUT2D eigenvalue weighted by molar-refractivity contribution is 0.0520. The van der Waals surface area contributed by atoms with Gasteiger partial charge in [-0.25, -0.2) is 9.78 Å². The molecule has 0 aliphatic heterocycles. The fourth-order valence-electron chi connectivity index (χ4n) is 1.74. The van der Waals surface area contributed by atoms with Gasteiger partial charge in [-0.2, -0.15) is 0 Å². The predicted octanol–water partition coefficient (Wildman–Crippen LogP) is 2.91. The van der Waals surface area contributed by atoms with Crippen molar-refractivity contribution in [3.63, 3.8) is 0 Å². The van der Waals surface area contributed by atoms with Crippen LogP contribution in [0.5, 0.6) is 5.75 Å². The second-order valence-corrected chi connectivity index (χ2v) is 5.31. The Bertz CT molecular complexity index is 598. The normalized spacial score (nSPS) is 10.3. The molecule has 2 N–H and O–H groups in total. The maximum absolute atomic E-state index is 11.5. The van der Waals surface area contributed by atoms with Crippen LogP contribution in [0.25, 0.3) is 0 Å². The second-order valence-electron chi connectivity index (χ2n) is 4.37. The van der Waals surface area contributed by atoms with Crippen molar-refractivity contribution >= 4 is 23.0 Å². The number of thiazole rings is 1. The molecule has 21 heavy (non-hydrogen) atoms. The van der Waals surface area contributed by atoms with E-state index in [4.69, 9.17) is 15.2 Å². The van der Waals surface area contributed by atoms with Crippen molar-refractivity contribution in [1.82, 2.24) is 4.98 Å². The summed E-state index contributed by atoms with van der Waals surface area (Å²) in [6, 6.07) is 7.34. The summed E-state index contributed by atoms with van der Waals surface area (Å²) in [5, 5.41) is 2.64. The summed E-state index contributed by atoms with van der Waals surface area (Å²) in [5.41, 5.74) is 6.75. The van der Waals surface area contributed by atoms with E-state index in [0.717, 1.165) is 23.6 Å². The third kappa shape index (κ3) is 4.75. The SMILES string of the molecule is CCOC(=O)c1csc(CCCOc2cccc(N)c2)n1. The highest BCUT2D eigenvalue weighted by atomic mass is 32.1. The van der Waals surface area contributed by atoms with Crippen LogP contribution in [0.2, 0.25) is 0 Å². The van der Waals surface area contributed by atoms with E-state index in [0.29, 0.717) is 24.6 Å². The molecule has 112 valence electrons. The standard InChI is InChI=1S/C15H18N2O3S/c1-2-19-15(18)13-10-21-14(17-13)7-4-8-20-12-6-3-5-11(16)9-12/h3,5-6,9-10H,2,4,7-8,16H2,1H3. The van der Waals surface area contributed by atoms with Crippen molar-refractivity contribution in [1.29, 1.82) is 0 Å². The number of nitrogens with zero attached hydrogens (tertiary/aromatic N) is 1. The minimum Gasteiger partial charge on any atom is -0.494 e. The zero-order chi connectivity index (χ0) is 15.1. The van der Waals surface area contributed by atoms with Crippen LogP contribution in [-0.4, -0.2) is 24.2 Å². The van der Waals surface area contributed by atoms with E-state index < -0.39 is 0 Å². The third-order valence-electron chi connectivity index (χ3n) is 2.70. The molecule has 0 aliphatic carbocycles. The predicted molar refractivity (Wildman–Crippen MR) is 82.7 cm³/mol. The number of rotatable bonds is 7. The molecule has 1 heterocycles. The van der Waals surface area contributed by atoms with Gasteiger partial charge >= 0.3 is 5.97 Å². The number of hydrogen-bond donors (Lipinski definition) is 1. The first kappa shape index (κ1) is 15.3. The average molecular weight is 306 g/mol. The Morgan fingerprint density at radius 3 is 3.05 bits per heavy atom. The van der Waals surface area contributed by atoms with Crippen molar-refractivity contribution in [3.05, 3.63) is 40.3 Å². The third-order valence-corrected chi connectivity index (χ3v) is 3.61. The maximum atomic E-state index is 11.5. The molecular formula is C15H18N2O3S. The Kier molecular flexibility index (Phi) is 5.57. The number of anilines is 1. The molecule has 1 aromatic carbocycles. The lowest BCUT2D eigenvalue weighted by atomic mass is 10.3. The van der Waals surface area contributed by atoms with Crippen LogP contribution in [0.3, 0.4) is 0 Å². The van der Waals surface area contributed by atoms with Gasteiger partial charge in [-0.15, -0.1) is 11.3 Å². The minimum absolute atomic E-state index is 0.361. The van der Waals surface area contributed by atoms with Crippen molar-refractivity contribution in [3.8, 4) is 5.75 Å². The van der Waals surface area contributed by atoms with Gasteiger partial charge in [-0.3, -0.25) is 0 Å².